The zero-order chi connectivity index (χ0) is 22.0. The van der Waals surface area contributed by atoms with Crippen LogP contribution in [0.4, 0.5) is 4.39 Å². The van der Waals surface area contributed by atoms with Gasteiger partial charge >= 0.3 is 5.97 Å². The average Bonchev–Trinajstić information content (AvgIpc) is 3.20. The predicted octanol–water partition coefficient (Wildman–Crippen LogP) is 4.39. The lowest BCUT2D eigenvalue weighted by Crippen LogP contribution is -2.06. The first-order chi connectivity index (χ1) is 15.0. The van der Waals surface area contributed by atoms with Crippen LogP contribution in [0.25, 0.3) is 10.9 Å². The van der Waals surface area contributed by atoms with E-state index in [0.717, 1.165) is 0 Å². The molecule has 0 saturated heterocycles. The van der Waals surface area contributed by atoms with E-state index in [1.54, 1.807) is 36.4 Å². The maximum Gasteiger partial charge on any atom is 0.343 e. The summed E-state index contributed by atoms with van der Waals surface area (Å²) in [5.74, 6) is -0.0683. The number of methoxy groups -OCH3 is 2. The lowest BCUT2D eigenvalue weighted by atomic mass is 10.0. The van der Waals surface area contributed by atoms with Gasteiger partial charge in [-0.05, 0) is 35.4 Å². The molecule has 9 heteroatoms. The van der Waals surface area contributed by atoms with E-state index in [0.29, 0.717) is 38.8 Å². The van der Waals surface area contributed by atoms with Gasteiger partial charge in [0.2, 0.25) is 11.8 Å². The van der Waals surface area contributed by atoms with E-state index >= 15 is 0 Å². The second-order valence-electron chi connectivity index (χ2n) is 6.72. The van der Waals surface area contributed by atoms with Gasteiger partial charge in [0, 0.05) is 16.8 Å². The third kappa shape index (κ3) is 4.34. The van der Waals surface area contributed by atoms with Crippen molar-refractivity contribution < 1.29 is 23.2 Å². The van der Waals surface area contributed by atoms with Crippen molar-refractivity contribution in [3.63, 3.8) is 0 Å². The summed E-state index contributed by atoms with van der Waals surface area (Å²) < 4.78 is 29.3. The minimum Gasteiger partial charge on any atom is -0.480 e. The van der Waals surface area contributed by atoms with Crippen LogP contribution in [-0.4, -0.2) is 35.3 Å². The van der Waals surface area contributed by atoms with Crippen molar-refractivity contribution in [2.75, 3.05) is 14.2 Å². The molecule has 4 aromatic rings. The molecule has 0 N–H and O–H groups in total. The number of carbonyl (C=O) groups excluding carboxylic acids is 1. The van der Waals surface area contributed by atoms with Gasteiger partial charge in [-0.15, -0.1) is 0 Å². The molecule has 0 amide bonds. The van der Waals surface area contributed by atoms with Crippen LogP contribution in [0.5, 0.6) is 5.88 Å². The van der Waals surface area contributed by atoms with Crippen molar-refractivity contribution in [2.45, 2.75) is 12.8 Å². The standard InChI is InChI=1S/C22H17ClFN3O4/c1-29-21-16(22(28)30-2)9-13-7-15(23)8-14(20(13)26-21)11-19-25-18(27-31-19)10-12-5-3-4-6-17(12)24/h3-9H,10-11H2,1-2H3. The maximum absolute atomic E-state index is 13.9. The number of nitrogens with zero attached hydrogens (tertiary/aromatic N) is 3. The van der Waals surface area contributed by atoms with Gasteiger partial charge in [-0.25, -0.2) is 14.2 Å². The summed E-state index contributed by atoms with van der Waals surface area (Å²) in [6.07, 6.45) is 0.454. The highest BCUT2D eigenvalue weighted by Gasteiger charge is 2.19. The Labute approximate surface area is 181 Å². The summed E-state index contributed by atoms with van der Waals surface area (Å²) in [6, 6.07) is 11.5. The molecule has 2 aromatic carbocycles. The average molecular weight is 442 g/mol. The molecule has 0 unspecified atom stereocenters. The van der Waals surface area contributed by atoms with Crippen molar-refractivity contribution in [1.29, 1.82) is 0 Å². The van der Waals surface area contributed by atoms with Crippen molar-refractivity contribution in [2.24, 2.45) is 0 Å². The highest BCUT2D eigenvalue weighted by molar-refractivity contribution is 6.31. The summed E-state index contributed by atoms with van der Waals surface area (Å²) in [5.41, 5.74) is 1.95. The molecule has 0 radical (unpaired) electrons. The van der Waals surface area contributed by atoms with Crippen LogP contribution < -0.4 is 4.74 Å². The Hall–Kier alpha value is -3.52. The number of halogens is 2. The zero-order valence-electron chi connectivity index (χ0n) is 16.7. The van der Waals surface area contributed by atoms with Crippen LogP contribution in [0.3, 0.4) is 0 Å². The Balaban J connectivity index is 1.68. The number of hydrogen-bond acceptors (Lipinski definition) is 7. The molecule has 158 valence electrons. The zero-order valence-corrected chi connectivity index (χ0v) is 17.4. The molecule has 7 nitrogen and oxygen atoms in total. The van der Waals surface area contributed by atoms with Crippen molar-refractivity contribution in [1.82, 2.24) is 15.1 Å². The van der Waals surface area contributed by atoms with Crippen LogP contribution in [0.2, 0.25) is 5.02 Å². The van der Waals surface area contributed by atoms with Gasteiger partial charge in [0.25, 0.3) is 0 Å². The molecule has 31 heavy (non-hydrogen) atoms. The van der Waals surface area contributed by atoms with Gasteiger partial charge in [-0.1, -0.05) is 35.0 Å². The first kappa shape index (κ1) is 20.7. The number of pyridine rings is 1. The molecule has 2 heterocycles. The molecular formula is C22H17ClFN3O4. The van der Waals surface area contributed by atoms with Crippen molar-refractivity contribution >= 4 is 28.5 Å². The molecule has 0 bridgehead atoms. The van der Waals surface area contributed by atoms with Gasteiger partial charge < -0.3 is 14.0 Å². The summed E-state index contributed by atoms with van der Waals surface area (Å²) >= 11 is 6.28. The minimum atomic E-state index is -0.567. The Bertz CT molecular complexity index is 1280. The molecule has 4 rings (SSSR count). The number of carbonyl (C=O) groups is 1. The molecule has 0 aliphatic heterocycles. The molecule has 0 fully saturated rings. The molecule has 0 aliphatic rings. The van der Waals surface area contributed by atoms with Crippen molar-refractivity contribution in [3.05, 3.63) is 81.7 Å². The number of ether oxygens (including phenoxy) is 2. The van der Waals surface area contributed by atoms with Crippen molar-refractivity contribution in [3.8, 4) is 5.88 Å². The van der Waals surface area contributed by atoms with Gasteiger partial charge in [0.15, 0.2) is 5.82 Å². The second-order valence-corrected chi connectivity index (χ2v) is 7.16. The molecule has 0 spiro atoms. The van der Waals surface area contributed by atoms with E-state index in [9.17, 15) is 9.18 Å². The number of hydrogen-bond donors (Lipinski definition) is 0. The third-order valence-electron chi connectivity index (χ3n) is 4.68. The fraction of sp³-hybridized carbons (Fsp3) is 0.182. The fourth-order valence-electron chi connectivity index (χ4n) is 3.26. The first-order valence-corrected chi connectivity index (χ1v) is 9.66. The minimum absolute atomic E-state index is 0.133. The summed E-state index contributed by atoms with van der Waals surface area (Å²) in [7, 11) is 2.70. The van der Waals surface area contributed by atoms with Crippen LogP contribution in [0, 0.1) is 5.82 Å². The highest BCUT2D eigenvalue weighted by Crippen LogP contribution is 2.29. The quantitative estimate of drug-likeness (QED) is 0.410. The number of aromatic nitrogens is 3. The lowest BCUT2D eigenvalue weighted by molar-refractivity contribution is 0.0596. The second kappa shape index (κ2) is 8.69. The number of fused-ring (bicyclic) bond motifs is 1. The van der Waals surface area contributed by atoms with E-state index in [1.165, 1.54) is 20.3 Å². The Morgan fingerprint density at radius 2 is 1.90 bits per heavy atom. The Morgan fingerprint density at radius 3 is 2.65 bits per heavy atom. The van der Waals surface area contributed by atoms with Gasteiger partial charge in [0.1, 0.15) is 11.4 Å². The number of rotatable bonds is 6. The van der Waals surface area contributed by atoms with Crippen LogP contribution >= 0.6 is 11.6 Å². The topological polar surface area (TPSA) is 87.3 Å². The Kier molecular flexibility index (Phi) is 5.81. The third-order valence-corrected chi connectivity index (χ3v) is 4.90. The van der Waals surface area contributed by atoms with Crippen LogP contribution in [-0.2, 0) is 17.6 Å². The molecule has 0 atom stereocenters. The normalized spacial score (nSPS) is 11.0. The van der Waals surface area contributed by atoms with Gasteiger partial charge in [0.05, 0.1) is 26.2 Å². The van der Waals surface area contributed by atoms with Crippen LogP contribution in [0.15, 0.2) is 47.0 Å². The summed E-state index contributed by atoms with van der Waals surface area (Å²) in [6.45, 7) is 0. The monoisotopic (exact) mass is 441 g/mol. The van der Waals surface area contributed by atoms with E-state index in [2.05, 4.69) is 15.1 Å². The molecule has 2 aromatic heterocycles. The lowest BCUT2D eigenvalue weighted by Gasteiger charge is -2.10. The summed E-state index contributed by atoms with van der Waals surface area (Å²) in [4.78, 5) is 20.9. The first-order valence-electron chi connectivity index (χ1n) is 9.29. The Morgan fingerprint density at radius 1 is 1.10 bits per heavy atom. The smallest absolute Gasteiger partial charge is 0.343 e. The van der Waals surface area contributed by atoms with E-state index in [1.807, 2.05) is 0 Å². The number of benzene rings is 2. The van der Waals surface area contributed by atoms with Gasteiger partial charge in [-0.2, -0.15) is 4.98 Å². The molecule has 0 saturated carbocycles. The maximum atomic E-state index is 13.9. The predicted molar refractivity (Wildman–Crippen MR) is 111 cm³/mol. The van der Waals surface area contributed by atoms with E-state index in [4.69, 9.17) is 25.6 Å². The van der Waals surface area contributed by atoms with Crippen LogP contribution in [0.1, 0.15) is 33.2 Å². The van der Waals surface area contributed by atoms with Gasteiger partial charge in [-0.3, -0.25) is 0 Å². The van der Waals surface area contributed by atoms with E-state index in [-0.39, 0.29) is 30.1 Å². The summed E-state index contributed by atoms with van der Waals surface area (Å²) in [5, 5.41) is 5.03. The molecule has 0 aliphatic carbocycles. The SMILES string of the molecule is COC(=O)c1cc2cc(Cl)cc(Cc3nc(Cc4ccccc4F)no3)c2nc1OC. The number of esters is 1. The molecular weight excluding hydrogens is 425 g/mol. The van der Waals surface area contributed by atoms with E-state index < -0.39 is 5.97 Å². The highest BCUT2D eigenvalue weighted by atomic mass is 35.5. The fourth-order valence-corrected chi connectivity index (χ4v) is 3.51. The largest absolute Gasteiger partial charge is 0.480 e.